The van der Waals surface area contributed by atoms with E-state index < -0.39 is 17.5 Å². The number of pyridine rings is 1. The number of thiazole rings is 1. The lowest BCUT2D eigenvalue weighted by molar-refractivity contribution is 0.220. The number of halogens is 2. The number of H-pyrrole nitrogens is 1. The van der Waals surface area contributed by atoms with Crippen LogP contribution in [0, 0.1) is 5.82 Å². The first-order valence-corrected chi connectivity index (χ1v) is 11.9. The number of carbonyl (C=O) groups excluding carboxylic acids is 1. The van der Waals surface area contributed by atoms with E-state index in [1.54, 1.807) is 41.4 Å². The SMILES string of the molecule is CC(C)(F)c1ccc2c(C(=C=O)N3CCc4[nH]cnc4[C@H]3c3nc4c(F)cccc4s3)cnn2c1. The van der Waals surface area contributed by atoms with Crippen molar-refractivity contribution in [1.82, 2.24) is 29.5 Å². The van der Waals surface area contributed by atoms with E-state index in [1.165, 1.54) is 31.3 Å². The lowest BCUT2D eigenvalue weighted by Gasteiger charge is -2.35. The van der Waals surface area contributed by atoms with Gasteiger partial charge in [-0.05, 0) is 32.0 Å². The third-order valence-corrected chi connectivity index (χ3v) is 7.46. The van der Waals surface area contributed by atoms with Crippen LogP contribution in [0.3, 0.4) is 0 Å². The van der Waals surface area contributed by atoms with Gasteiger partial charge in [0.05, 0.1) is 34.0 Å². The fourth-order valence-electron chi connectivity index (χ4n) is 4.60. The van der Waals surface area contributed by atoms with Gasteiger partial charge in [0.1, 0.15) is 33.7 Å². The van der Waals surface area contributed by atoms with E-state index in [0.717, 1.165) is 16.1 Å². The van der Waals surface area contributed by atoms with E-state index in [-0.39, 0.29) is 0 Å². The normalized spacial score (nSPS) is 16.0. The van der Waals surface area contributed by atoms with Crippen LogP contribution in [-0.4, -0.2) is 42.0 Å². The van der Waals surface area contributed by atoms with Crippen molar-refractivity contribution >= 4 is 38.7 Å². The number of aromatic amines is 1. The van der Waals surface area contributed by atoms with E-state index in [9.17, 15) is 13.6 Å². The van der Waals surface area contributed by atoms with Gasteiger partial charge in [-0.15, -0.1) is 11.3 Å². The number of rotatable bonds is 4. The van der Waals surface area contributed by atoms with E-state index in [4.69, 9.17) is 0 Å². The van der Waals surface area contributed by atoms with Crippen LogP contribution in [0.25, 0.3) is 21.4 Å². The summed E-state index contributed by atoms with van der Waals surface area (Å²) in [6.45, 7) is 3.46. The van der Waals surface area contributed by atoms with E-state index >= 15 is 0 Å². The molecule has 4 aromatic heterocycles. The first kappa shape index (κ1) is 21.6. The summed E-state index contributed by atoms with van der Waals surface area (Å²) in [5.41, 5.74) is 2.45. The number of nitrogens with one attached hydrogen (secondary N) is 1. The number of hydrogen-bond donors (Lipinski definition) is 1. The first-order chi connectivity index (χ1) is 16.8. The van der Waals surface area contributed by atoms with Gasteiger partial charge in [0.2, 0.25) is 0 Å². The molecule has 6 rings (SSSR count). The summed E-state index contributed by atoms with van der Waals surface area (Å²) in [5, 5.41) is 5.00. The Morgan fingerprint density at radius 3 is 2.91 bits per heavy atom. The van der Waals surface area contributed by atoms with Gasteiger partial charge in [-0.2, -0.15) is 5.10 Å². The average molecular weight is 491 g/mol. The number of nitrogens with zero attached hydrogens (tertiary/aromatic N) is 5. The number of benzene rings is 1. The monoisotopic (exact) mass is 490 g/mol. The van der Waals surface area contributed by atoms with Gasteiger partial charge in [-0.3, -0.25) is 0 Å². The zero-order chi connectivity index (χ0) is 24.3. The third-order valence-electron chi connectivity index (χ3n) is 6.39. The van der Waals surface area contributed by atoms with Crippen LogP contribution in [0.15, 0.2) is 49.1 Å². The van der Waals surface area contributed by atoms with Gasteiger partial charge in [-0.25, -0.2) is 28.1 Å². The topological polar surface area (TPSA) is 79.2 Å². The molecule has 0 unspecified atom stereocenters. The second-order valence-corrected chi connectivity index (χ2v) is 10.0. The quantitative estimate of drug-likeness (QED) is 0.365. The predicted octanol–water partition coefficient (Wildman–Crippen LogP) is 4.83. The lowest BCUT2D eigenvalue weighted by Crippen LogP contribution is -2.35. The number of aromatic nitrogens is 5. The molecule has 1 aliphatic heterocycles. The zero-order valence-corrected chi connectivity index (χ0v) is 19.7. The van der Waals surface area contributed by atoms with Gasteiger partial charge >= 0.3 is 0 Å². The van der Waals surface area contributed by atoms with Crippen molar-refractivity contribution in [2.75, 3.05) is 6.54 Å². The summed E-state index contributed by atoms with van der Waals surface area (Å²) in [4.78, 5) is 26.6. The zero-order valence-electron chi connectivity index (χ0n) is 18.9. The minimum Gasteiger partial charge on any atom is -0.348 e. The maximum Gasteiger partial charge on any atom is 0.151 e. The molecule has 0 saturated heterocycles. The number of fused-ring (bicyclic) bond motifs is 3. The molecule has 7 nitrogen and oxygen atoms in total. The summed E-state index contributed by atoms with van der Waals surface area (Å²) in [5.74, 6) is 1.72. The first-order valence-electron chi connectivity index (χ1n) is 11.1. The molecule has 1 aromatic carbocycles. The largest absolute Gasteiger partial charge is 0.348 e. The van der Waals surface area contributed by atoms with Crippen LogP contribution in [-0.2, 0) is 16.9 Å². The van der Waals surface area contributed by atoms with E-state index in [2.05, 4.69) is 26.0 Å². The molecule has 176 valence electrons. The number of hydrogen-bond acceptors (Lipinski definition) is 6. The Kier molecular flexibility index (Phi) is 4.84. The molecule has 5 heterocycles. The second kappa shape index (κ2) is 7.83. The standard InChI is InChI=1S/C25H20F2N6OS/c1-25(2,27)14-6-7-18-15(10-30-33(18)11-14)19(12-34)32-9-8-17-22(29-13-28-17)23(32)24-31-21-16(26)4-3-5-20(21)35-24/h3-7,10-11,13,23H,8-9H2,1-2H3,(H,28,29)/t23-/m0/s1. The van der Waals surface area contributed by atoms with Crippen LogP contribution in [0.2, 0.25) is 0 Å². The molecule has 0 radical (unpaired) electrons. The lowest BCUT2D eigenvalue weighted by atomic mass is 10.00. The van der Waals surface area contributed by atoms with Crippen LogP contribution in [0.1, 0.15) is 47.4 Å². The summed E-state index contributed by atoms with van der Waals surface area (Å²) >= 11 is 1.37. The van der Waals surface area contributed by atoms with Crippen LogP contribution in [0.4, 0.5) is 8.78 Å². The van der Waals surface area contributed by atoms with Crippen molar-refractivity contribution in [3.63, 3.8) is 0 Å². The highest BCUT2D eigenvalue weighted by atomic mass is 32.1. The third kappa shape index (κ3) is 3.45. The maximum atomic E-state index is 14.5. The minimum absolute atomic E-state index is 0.295. The molecule has 0 bridgehead atoms. The van der Waals surface area contributed by atoms with Crippen molar-refractivity contribution in [3.05, 3.63) is 82.4 Å². The number of para-hydroxylation sites is 1. The molecular weight excluding hydrogens is 470 g/mol. The number of alkyl halides is 1. The molecule has 1 aliphatic rings. The smallest absolute Gasteiger partial charge is 0.151 e. The molecule has 5 aromatic rings. The van der Waals surface area contributed by atoms with Crippen molar-refractivity contribution < 1.29 is 13.6 Å². The Morgan fingerprint density at radius 1 is 1.29 bits per heavy atom. The summed E-state index contributed by atoms with van der Waals surface area (Å²) in [6.07, 6.45) is 5.46. The van der Waals surface area contributed by atoms with Gasteiger partial charge in [0.15, 0.2) is 5.94 Å². The summed E-state index contributed by atoms with van der Waals surface area (Å²) in [7, 11) is 0. The van der Waals surface area contributed by atoms with Gasteiger partial charge < -0.3 is 9.88 Å². The molecule has 0 amide bonds. The maximum absolute atomic E-state index is 14.5. The van der Waals surface area contributed by atoms with Crippen molar-refractivity contribution in [2.45, 2.75) is 32.0 Å². The van der Waals surface area contributed by atoms with Gasteiger partial charge in [-0.1, -0.05) is 12.1 Å². The Morgan fingerprint density at radius 2 is 2.14 bits per heavy atom. The molecule has 1 atom stereocenters. The van der Waals surface area contributed by atoms with Gasteiger partial charge in [0.25, 0.3) is 0 Å². The van der Waals surface area contributed by atoms with Crippen molar-refractivity contribution in [3.8, 4) is 0 Å². The van der Waals surface area contributed by atoms with E-state index in [0.29, 0.717) is 45.8 Å². The molecular formula is C25H20F2N6OS. The molecule has 0 spiro atoms. The second-order valence-electron chi connectivity index (χ2n) is 8.98. The Bertz CT molecular complexity index is 1640. The van der Waals surface area contributed by atoms with E-state index in [1.807, 2.05) is 11.0 Å². The molecule has 10 heteroatoms. The fraction of sp³-hybridized carbons (Fsp3) is 0.240. The summed E-state index contributed by atoms with van der Waals surface area (Å²) in [6, 6.07) is 7.80. The Balaban J connectivity index is 1.49. The highest BCUT2D eigenvalue weighted by Gasteiger charge is 2.36. The van der Waals surface area contributed by atoms with Crippen LogP contribution >= 0.6 is 11.3 Å². The average Bonchev–Trinajstić information content (AvgIpc) is 3.57. The van der Waals surface area contributed by atoms with Crippen LogP contribution < -0.4 is 0 Å². The highest BCUT2D eigenvalue weighted by molar-refractivity contribution is 7.18. The van der Waals surface area contributed by atoms with Gasteiger partial charge in [0, 0.05) is 30.4 Å². The van der Waals surface area contributed by atoms with Crippen molar-refractivity contribution in [1.29, 1.82) is 0 Å². The molecule has 0 saturated carbocycles. The highest BCUT2D eigenvalue weighted by Crippen LogP contribution is 2.41. The minimum atomic E-state index is -1.53. The Labute approximate surface area is 202 Å². The summed E-state index contributed by atoms with van der Waals surface area (Å²) < 4.78 is 31.2. The Hall–Kier alpha value is -3.88. The fourth-order valence-corrected chi connectivity index (χ4v) is 5.70. The molecule has 0 fully saturated rings. The van der Waals surface area contributed by atoms with Crippen LogP contribution in [0.5, 0.6) is 0 Å². The predicted molar refractivity (Wildman–Crippen MR) is 129 cm³/mol. The molecule has 35 heavy (non-hydrogen) atoms. The molecule has 1 N–H and O–H groups in total. The number of imidazole rings is 1. The van der Waals surface area contributed by atoms with Crippen molar-refractivity contribution in [2.24, 2.45) is 0 Å². The molecule has 0 aliphatic carbocycles.